The van der Waals surface area contributed by atoms with Crippen molar-refractivity contribution in [1.29, 1.82) is 0 Å². The molecular formula is C19H23BrN4O3. The molecule has 1 aliphatic heterocycles. The third-order valence-corrected chi connectivity index (χ3v) is 4.71. The van der Waals surface area contributed by atoms with E-state index in [9.17, 15) is 9.59 Å². The van der Waals surface area contributed by atoms with Crippen LogP contribution in [0.25, 0.3) is 0 Å². The Morgan fingerprint density at radius 3 is 2.52 bits per heavy atom. The predicted octanol–water partition coefficient (Wildman–Crippen LogP) is 3.73. The van der Waals surface area contributed by atoms with Gasteiger partial charge in [0.2, 0.25) is 0 Å². The van der Waals surface area contributed by atoms with Crippen molar-refractivity contribution in [3.05, 3.63) is 45.6 Å². The molecule has 0 aliphatic carbocycles. The van der Waals surface area contributed by atoms with Gasteiger partial charge in [-0.2, -0.15) is 5.10 Å². The van der Waals surface area contributed by atoms with E-state index in [1.807, 2.05) is 32.9 Å². The maximum Gasteiger partial charge on any atom is 0.410 e. The van der Waals surface area contributed by atoms with E-state index < -0.39 is 5.60 Å². The summed E-state index contributed by atoms with van der Waals surface area (Å²) in [4.78, 5) is 26.6. The molecular weight excluding hydrogens is 412 g/mol. The van der Waals surface area contributed by atoms with Crippen LogP contribution in [0.5, 0.6) is 0 Å². The smallest absolute Gasteiger partial charge is 0.410 e. The van der Waals surface area contributed by atoms with Crippen molar-refractivity contribution in [2.45, 2.75) is 39.3 Å². The fourth-order valence-corrected chi connectivity index (χ4v) is 3.19. The Hall–Kier alpha value is -2.35. The van der Waals surface area contributed by atoms with Crippen LogP contribution in [0.3, 0.4) is 0 Å². The van der Waals surface area contributed by atoms with Gasteiger partial charge in [0.05, 0.1) is 12.2 Å². The molecule has 0 radical (unpaired) electrons. The Morgan fingerprint density at radius 2 is 1.89 bits per heavy atom. The Bertz CT molecular complexity index is 868. The van der Waals surface area contributed by atoms with Gasteiger partial charge in [-0.1, -0.05) is 15.9 Å². The first-order valence-corrected chi connectivity index (χ1v) is 9.53. The van der Waals surface area contributed by atoms with Crippen molar-refractivity contribution in [2.75, 3.05) is 11.9 Å². The van der Waals surface area contributed by atoms with Crippen molar-refractivity contribution >= 4 is 33.7 Å². The van der Waals surface area contributed by atoms with Crippen molar-refractivity contribution < 1.29 is 14.3 Å². The third-order valence-electron chi connectivity index (χ3n) is 4.19. The summed E-state index contributed by atoms with van der Waals surface area (Å²) in [6, 6.07) is 7.13. The molecule has 144 valence electrons. The van der Waals surface area contributed by atoms with Crippen LogP contribution in [0.15, 0.2) is 28.7 Å². The number of carbonyl (C=O) groups is 2. The topological polar surface area (TPSA) is 76.5 Å². The van der Waals surface area contributed by atoms with Crippen LogP contribution in [-0.4, -0.2) is 38.8 Å². The minimum atomic E-state index is -0.551. The van der Waals surface area contributed by atoms with E-state index in [1.54, 1.807) is 28.8 Å². The molecule has 0 saturated heterocycles. The quantitative estimate of drug-likeness (QED) is 0.780. The first-order chi connectivity index (χ1) is 12.6. The number of aryl methyl sites for hydroxylation is 1. The van der Waals surface area contributed by atoms with Gasteiger partial charge in [-0.3, -0.25) is 9.48 Å². The van der Waals surface area contributed by atoms with Crippen LogP contribution in [-0.2, 0) is 24.8 Å². The number of hydrogen-bond donors (Lipinski definition) is 1. The molecule has 1 aromatic carbocycles. The van der Waals surface area contributed by atoms with Crippen molar-refractivity contribution in [2.24, 2.45) is 7.05 Å². The Balaban J connectivity index is 1.79. The van der Waals surface area contributed by atoms with Gasteiger partial charge in [-0.05, 0) is 45.0 Å². The molecule has 1 N–H and O–H groups in total. The molecule has 3 rings (SSSR count). The summed E-state index contributed by atoms with van der Waals surface area (Å²) in [6.07, 6.45) is 0.263. The Labute approximate surface area is 166 Å². The van der Waals surface area contributed by atoms with Gasteiger partial charge < -0.3 is 15.0 Å². The maximum absolute atomic E-state index is 12.6. The van der Waals surface area contributed by atoms with E-state index in [1.165, 1.54) is 0 Å². The van der Waals surface area contributed by atoms with Crippen molar-refractivity contribution in [3.63, 3.8) is 0 Å². The van der Waals surface area contributed by atoms with Gasteiger partial charge >= 0.3 is 6.09 Å². The van der Waals surface area contributed by atoms with Crippen molar-refractivity contribution in [3.8, 4) is 0 Å². The molecule has 1 aromatic heterocycles. The number of nitrogens with zero attached hydrogens (tertiary/aromatic N) is 3. The highest BCUT2D eigenvalue weighted by molar-refractivity contribution is 9.10. The largest absolute Gasteiger partial charge is 0.444 e. The second-order valence-electron chi connectivity index (χ2n) is 7.51. The summed E-state index contributed by atoms with van der Waals surface area (Å²) in [7, 11) is 1.79. The van der Waals surface area contributed by atoms with Gasteiger partial charge in [0.25, 0.3) is 5.91 Å². The standard InChI is InChI=1S/C19H23BrN4O3/c1-19(2,3)27-18(26)24-10-9-15-14(11-24)16(23(4)22-15)21-17(25)12-5-7-13(20)8-6-12/h5-8H,9-11H2,1-4H3,(H,21,25). The molecule has 0 bridgehead atoms. The number of ether oxygens (including phenoxy) is 1. The summed E-state index contributed by atoms with van der Waals surface area (Å²) in [6.45, 7) is 6.42. The summed E-state index contributed by atoms with van der Waals surface area (Å²) < 4.78 is 8.03. The number of carbonyl (C=O) groups excluding carboxylic acids is 2. The fourth-order valence-electron chi connectivity index (χ4n) is 2.92. The molecule has 0 saturated carbocycles. The molecule has 7 nitrogen and oxygen atoms in total. The number of hydrogen-bond acceptors (Lipinski definition) is 4. The Kier molecular flexibility index (Phi) is 5.28. The lowest BCUT2D eigenvalue weighted by Crippen LogP contribution is -2.40. The fraction of sp³-hybridized carbons (Fsp3) is 0.421. The molecule has 1 aliphatic rings. The molecule has 0 atom stereocenters. The first kappa shape index (κ1) is 19.4. The van der Waals surface area contributed by atoms with Crippen molar-refractivity contribution in [1.82, 2.24) is 14.7 Å². The number of rotatable bonds is 2. The molecule has 27 heavy (non-hydrogen) atoms. The highest BCUT2D eigenvalue weighted by Gasteiger charge is 2.30. The monoisotopic (exact) mass is 434 g/mol. The molecule has 0 unspecified atom stereocenters. The van der Waals surface area contributed by atoms with Gasteiger partial charge in [-0.25, -0.2) is 4.79 Å². The van der Waals surface area contributed by atoms with E-state index in [2.05, 4.69) is 26.3 Å². The van der Waals surface area contributed by atoms with Crippen LogP contribution in [0.4, 0.5) is 10.6 Å². The number of halogens is 1. The lowest BCUT2D eigenvalue weighted by atomic mass is 10.1. The van der Waals surface area contributed by atoms with E-state index >= 15 is 0 Å². The summed E-state index contributed by atoms with van der Waals surface area (Å²) in [5.74, 6) is 0.383. The Morgan fingerprint density at radius 1 is 1.22 bits per heavy atom. The van der Waals surface area contributed by atoms with Crippen LogP contribution < -0.4 is 5.32 Å². The average molecular weight is 435 g/mol. The molecule has 0 fully saturated rings. The van der Waals surface area contributed by atoms with E-state index in [-0.39, 0.29) is 12.0 Å². The van der Waals surface area contributed by atoms with Crippen LogP contribution in [0.2, 0.25) is 0 Å². The second-order valence-corrected chi connectivity index (χ2v) is 8.43. The highest BCUT2D eigenvalue weighted by Crippen LogP contribution is 2.27. The van der Waals surface area contributed by atoms with Crippen LogP contribution in [0, 0.1) is 0 Å². The zero-order valence-electron chi connectivity index (χ0n) is 15.9. The SMILES string of the molecule is Cn1nc2c(c1NC(=O)c1ccc(Br)cc1)CN(C(=O)OC(C)(C)C)CC2. The van der Waals surface area contributed by atoms with E-state index in [0.29, 0.717) is 30.9 Å². The first-order valence-electron chi connectivity index (χ1n) is 8.73. The third kappa shape index (κ3) is 4.50. The zero-order chi connectivity index (χ0) is 19.8. The number of amides is 2. The number of nitrogens with one attached hydrogen (secondary N) is 1. The number of anilines is 1. The van der Waals surface area contributed by atoms with E-state index in [4.69, 9.17) is 4.74 Å². The normalized spacial score (nSPS) is 13.9. The maximum atomic E-state index is 12.6. The zero-order valence-corrected chi connectivity index (χ0v) is 17.5. The molecule has 8 heteroatoms. The lowest BCUT2D eigenvalue weighted by molar-refractivity contribution is 0.0224. The molecule has 0 spiro atoms. The van der Waals surface area contributed by atoms with Gasteiger partial charge in [0.15, 0.2) is 0 Å². The number of fused-ring (bicyclic) bond motifs is 1. The molecule has 2 amide bonds. The van der Waals surface area contributed by atoms with Crippen LogP contribution >= 0.6 is 15.9 Å². The molecule has 2 heterocycles. The lowest BCUT2D eigenvalue weighted by Gasteiger charge is -2.29. The summed E-state index contributed by atoms with van der Waals surface area (Å²) >= 11 is 3.36. The van der Waals surface area contributed by atoms with Crippen LogP contribution in [0.1, 0.15) is 42.4 Å². The minimum Gasteiger partial charge on any atom is -0.444 e. The highest BCUT2D eigenvalue weighted by atomic mass is 79.9. The number of benzene rings is 1. The number of aromatic nitrogens is 2. The van der Waals surface area contributed by atoms with Gasteiger partial charge in [0, 0.05) is 35.6 Å². The summed E-state index contributed by atoms with van der Waals surface area (Å²) in [5, 5.41) is 7.43. The van der Waals surface area contributed by atoms with Gasteiger partial charge in [-0.15, -0.1) is 0 Å². The van der Waals surface area contributed by atoms with Gasteiger partial charge in [0.1, 0.15) is 11.4 Å². The second kappa shape index (κ2) is 7.34. The molecule has 2 aromatic rings. The predicted molar refractivity (Wildman–Crippen MR) is 106 cm³/mol. The average Bonchev–Trinajstić information content (AvgIpc) is 2.89. The summed E-state index contributed by atoms with van der Waals surface area (Å²) in [5.41, 5.74) is 1.74. The minimum absolute atomic E-state index is 0.220. The van der Waals surface area contributed by atoms with E-state index in [0.717, 1.165) is 15.7 Å².